The van der Waals surface area contributed by atoms with E-state index in [-0.39, 0.29) is 29.0 Å². The Hall–Kier alpha value is -1.27. The Kier molecular flexibility index (Phi) is 15.5. The van der Waals surface area contributed by atoms with Gasteiger partial charge in [-0.15, -0.1) is 0 Å². The molecular formula is C24H43NO4S. The molecule has 0 saturated carbocycles. The minimum absolute atomic E-state index is 0.0414. The number of hydrogen-bond acceptors (Lipinski definition) is 4. The summed E-state index contributed by atoms with van der Waals surface area (Å²) in [5.41, 5.74) is 0. The van der Waals surface area contributed by atoms with E-state index in [1.54, 1.807) is 6.20 Å². The van der Waals surface area contributed by atoms with Crippen molar-refractivity contribution in [1.29, 1.82) is 0 Å². The fourth-order valence-electron chi connectivity index (χ4n) is 3.62. The first-order valence-electron chi connectivity index (χ1n) is 11.9. The van der Waals surface area contributed by atoms with Crippen LogP contribution in [-0.4, -0.2) is 36.5 Å². The van der Waals surface area contributed by atoms with Gasteiger partial charge in [-0.2, -0.15) is 0 Å². The summed E-state index contributed by atoms with van der Waals surface area (Å²) in [5, 5.41) is 28.9. The molecule has 6 heteroatoms. The smallest absolute Gasteiger partial charge is 0.214 e. The van der Waals surface area contributed by atoms with Gasteiger partial charge >= 0.3 is 0 Å². The van der Waals surface area contributed by atoms with Crippen LogP contribution in [0.5, 0.6) is 11.8 Å². The van der Waals surface area contributed by atoms with Crippen molar-refractivity contribution in [2.24, 2.45) is 0 Å². The lowest BCUT2D eigenvalue weighted by atomic mass is 10.0. The van der Waals surface area contributed by atoms with Crippen LogP contribution in [0, 0.1) is 0 Å². The van der Waals surface area contributed by atoms with E-state index in [9.17, 15) is 14.4 Å². The lowest BCUT2D eigenvalue weighted by molar-refractivity contribution is 0.321. The number of allylic oxidation sites excluding steroid dienone is 1. The molecule has 0 bridgehead atoms. The highest BCUT2D eigenvalue weighted by Gasteiger charge is 2.17. The van der Waals surface area contributed by atoms with Crippen molar-refractivity contribution in [3.8, 4) is 11.8 Å². The summed E-state index contributed by atoms with van der Waals surface area (Å²) in [5.74, 6) is -0.331. The fourth-order valence-corrected chi connectivity index (χ4v) is 4.55. The summed E-state index contributed by atoms with van der Waals surface area (Å²) in [7, 11) is -1.52. The van der Waals surface area contributed by atoms with E-state index in [0.717, 1.165) is 12.8 Å². The van der Waals surface area contributed by atoms with Crippen molar-refractivity contribution in [1.82, 2.24) is 4.57 Å². The first-order valence-corrected chi connectivity index (χ1v) is 13.2. The minimum Gasteiger partial charge on any atom is -0.494 e. The molecule has 174 valence electrons. The van der Waals surface area contributed by atoms with Gasteiger partial charge in [0.1, 0.15) is 4.90 Å². The average molecular weight is 442 g/mol. The zero-order valence-corrected chi connectivity index (χ0v) is 19.7. The summed E-state index contributed by atoms with van der Waals surface area (Å²) in [6.45, 7) is 2.03. The van der Waals surface area contributed by atoms with Gasteiger partial charge in [0.2, 0.25) is 5.88 Å². The van der Waals surface area contributed by atoms with Crippen molar-refractivity contribution in [3.05, 3.63) is 12.1 Å². The van der Waals surface area contributed by atoms with Crippen LogP contribution in [0.3, 0.4) is 0 Å². The number of nitrogens with zero attached hydrogens (tertiary/aromatic N) is 1. The molecule has 1 aromatic heterocycles. The molecule has 0 aliphatic heterocycles. The zero-order valence-electron chi connectivity index (χ0n) is 18.9. The minimum atomic E-state index is -1.52. The molecule has 3 N–H and O–H groups in total. The number of hydrogen-bond donors (Lipinski definition) is 3. The monoisotopic (exact) mass is 441 g/mol. The summed E-state index contributed by atoms with van der Waals surface area (Å²) in [4.78, 5) is 0.155. The number of aromatic nitrogens is 1. The van der Waals surface area contributed by atoms with Gasteiger partial charge in [0.05, 0.1) is 23.2 Å². The lowest BCUT2D eigenvalue weighted by Crippen LogP contribution is -2.01. The van der Waals surface area contributed by atoms with E-state index in [4.69, 9.17) is 5.11 Å². The van der Waals surface area contributed by atoms with Crippen LogP contribution in [0.25, 0.3) is 6.20 Å². The van der Waals surface area contributed by atoms with Crippen LogP contribution in [0.1, 0.15) is 103 Å². The summed E-state index contributed by atoms with van der Waals surface area (Å²) in [6, 6.07) is 1.29. The van der Waals surface area contributed by atoms with Crippen molar-refractivity contribution in [2.75, 3.05) is 12.4 Å². The third kappa shape index (κ3) is 11.2. The number of aromatic hydroxyl groups is 2. The van der Waals surface area contributed by atoms with Gasteiger partial charge in [0.15, 0.2) is 5.88 Å². The van der Waals surface area contributed by atoms with E-state index in [0.29, 0.717) is 0 Å². The number of aliphatic hydroxyl groups excluding tert-OH is 1. The maximum Gasteiger partial charge on any atom is 0.214 e. The molecule has 0 aliphatic carbocycles. The van der Waals surface area contributed by atoms with Gasteiger partial charge in [-0.05, 0) is 12.8 Å². The van der Waals surface area contributed by atoms with Crippen LogP contribution in [0.15, 0.2) is 17.0 Å². The standard InChI is InChI=1S/C24H43NO4S/c1-2-3-4-5-6-7-8-9-10-11-12-13-14-15-16-17-18-25-23(27)21-22(24(25)28)30(29)20-19-26/h17-18,21,26-28H,2-16,19-20H2,1H3. The van der Waals surface area contributed by atoms with Gasteiger partial charge in [-0.1, -0.05) is 96.5 Å². The first-order chi connectivity index (χ1) is 14.6. The summed E-state index contributed by atoms with van der Waals surface area (Å²) >= 11 is 0. The Morgan fingerprint density at radius 1 is 0.867 bits per heavy atom. The Morgan fingerprint density at radius 3 is 1.87 bits per heavy atom. The van der Waals surface area contributed by atoms with Crippen molar-refractivity contribution >= 4 is 17.0 Å². The number of rotatable bonds is 19. The van der Waals surface area contributed by atoms with Gasteiger partial charge in [0.25, 0.3) is 0 Å². The molecule has 1 atom stereocenters. The SMILES string of the molecule is CCCCCCCCCCCCCCCCC=Cn1c(O)cc(S(=O)CCO)c1O. The highest BCUT2D eigenvalue weighted by Crippen LogP contribution is 2.30. The second-order valence-corrected chi connectivity index (χ2v) is 9.64. The molecule has 5 nitrogen and oxygen atoms in total. The number of unbranched alkanes of at least 4 members (excludes halogenated alkanes) is 14. The van der Waals surface area contributed by atoms with Gasteiger partial charge in [-0.3, -0.25) is 8.78 Å². The van der Waals surface area contributed by atoms with E-state index < -0.39 is 10.8 Å². The molecule has 0 fully saturated rings. The summed E-state index contributed by atoms with van der Waals surface area (Å²) < 4.78 is 13.1. The molecule has 0 saturated heterocycles. The predicted octanol–water partition coefficient (Wildman–Crippen LogP) is 6.34. The van der Waals surface area contributed by atoms with Gasteiger partial charge in [0, 0.05) is 12.3 Å². The predicted molar refractivity (Wildman–Crippen MR) is 126 cm³/mol. The molecule has 30 heavy (non-hydrogen) atoms. The molecule has 0 amide bonds. The average Bonchev–Trinajstić information content (AvgIpc) is 3.01. The third-order valence-electron chi connectivity index (χ3n) is 5.46. The largest absolute Gasteiger partial charge is 0.494 e. The van der Waals surface area contributed by atoms with Crippen molar-refractivity contribution < 1.29 is 19.5 Å². The quantitative estimate of drug-likeness (QED) is 0.219. The second-order valence-electron chi connectivity index (χ2n) is 8.10. The van der Waals surface area contributed by atoms with Gasteiger partial charge < -0.3 is 15.3 Å². The van der Waals surface area contributed by atoms with E-state index in [2.05, 4.69) is 6.92 Å². The van der Waals surface area contributed by atoms with Crippen LogP contribution in [0.2, 0.25) is 0 Å². The maximum atomic E-state index is 11.9. The molecule has 0 aromatic carbocycles. The third-order valence-corrected chi connectivity index (χ3v) is 6.80. The topological polar surface area (TPSA) is 82.7 Å². The lowest BCUT2D eigenvalue weighted by Gasteiger charge is -2.03. The van der Waals surface area contributed by atoms with E-state index >= 15 is 0 Å². The Balaban J connectivity index is 2.04. The fraction of sp³-hybridized carbons (Fsp3) is 0.750. The summed E-state index contributed by atoms with van der Waals surface area (Å²) in [6.07, 6.45) is 23.1. The van der Waals surface area contributed by atoms with Crippen LogP contribution >= 0.6 is 0 Å². The van der Waals surface area contributed by atoms with E-state index in [1.807, 2.05) is 6.08 Å². The van der Waals surface area contributed by atoms with Crippen molar-refractivity contribution in [2.45, 2.75) is 108 Å². The second kappa shape index (κ2) is 17.4. The van der Waals surface area contributed by atoms with Gasteiger partial charge in [-0.25, -0.2) is 0 Å². The zero-order chi connectivity index (χ0) is 22.0. The molecule has 1 rings (SSSR count). The molecule has 1 heterocycles. The van der Waals surface area contributed by atoms with Crippen LogP contribution in [-0.2, 0) is 10.8 Å². The van der Waals surface area contributed by atoms with Crippen molar-refractivity contribution in [3.63, 3.8) is 0 Å². The van der Waals surface area contributed by atoms with E-state index in [1.165, 1.54) is 94.1 Å². The maximum absolute atomic E-state index is 11.9. The normalized spacial score (nSPS) is 12.7. The highest BCUT2D eigenvalue weighted by molar-refractivity contribution is 7.85. The molecule has 0 radical (unpaired) electrons. The Bertz CT molecular complexity index is 613. The molecule has 1 aromatic rings. The highest BCUT2D eigenvalue weighted by atomic mass is 32.2. The molecule has 0 aliphatic rings. The number of aliphatic hydroxyl groups is 1. The molecule has 1 unspecified atom stereocenters. The van der Waals surface area contributed by atoms with Crippen LogP contribution in [0.4, 0.5) is 0 Å². The Labute approximate surface area is 185 Å². The van der Waals surface area contributed by atoms with Crippen LogP contribution < -0.4 is 0 Å². The molecule has 0 spiro atoms. The molecular weight excluding hydrogens is 398 g/mol. The first kappa shape index (κ1) is 26.8. The Morgan fingerprint density at radius 2 is 1.37 bits per heavy atom.